The Morgan fingerprint density at radius 2 is 2.00 bits per heavy atom. The second kappa shape index (κ2) is 7.87. The summed E-state index contributed by atoms with van der Waals surface area (Å²) >= 11 is 1.02. The number of anilines is 1. The van der Waals surface area contributed by atoms with Gasteiger partial charge in [0.1, 0.15) is 16.7 Å². The van der Waals surface area contributed by atoms with E-state index in [-0.39, 0.29) is 17.0 Å². The average molecular weight is 352 g/mol. The minimum Gasteiger partial charge on any atom is -0.465 e. The van der Waals surface area contributed by atoms with Gasteiger partial charge in [-0.05, 0) is 31.2 Å². The van der Waals surface area contributed by atoms with Gasteiger partial charge in [-0.25, -0.2) is 18.6 Å². The van der Waals surface area contributed by atoms with Crippen molar-refractivity contribution < 1.29 is 23.1 Å². The number of nitrogens with one attached hydrogen (secondary N) is 1. The maximum Gasteiger partial charge on any atom is 0.340 e. The molecule has 0 radical (unpaired) electrons. The molecule has 2 rings (SSSR count). The molecule has 0 saturated carbocycles. The van der Waals surface area contributed by atoms with Crippen molar-refractivity contribution in [3.05, 3.63) is 53.2 Å². The number of benzene rings is 1. The van der Waals surface area contributed by atoms with E-state index in [9.17, 15) is 18.4 Å². The lowest BCUT2D eigenvalue weighted by atomic mass is 10.2. The van der Waals surface area contributed by atoms with Crippen LogP contribution < -0.4 is 5.32 Å². The van der Waals surface area contributed by atoms with Gasteiger partial charge in [0.05, 0.1) is 24.1 Å². The molecule has 1 aromatic heterocycles. The first-order valence-corrected chi connectivity index (χ1v) is 7.83. The molecule has 24 heavy (non-hydrogen) atoms. The normalized spacial score (nSPS) is 10.3. The van der Waals surface area contributed by atoms with Crippen LogP contribution in [0.4, 0.5) is 14.5 Å². The zero-order valence-electron chi connectivity index (χ0n) is 12.9. The lowest BCUT2D eigenvalue weighted by molar-refractivity contribution is -0.113. The van der Waals surface area contributed by atoms with E-state index in [0.717, 1.165) is 23.9 Å². The number of amides is 1. The lowest BCUT2D eigenvalue weighted by Crippen LogP contribution is -2.16. The Bertz CT molecular complexity index is 784. The van der Waals surface area contributed by atoms with E-state index in [1.54, 1.807) is 19.1 Å². The standard InChI is InChI=1S/C16H14F2N2O3S/c1-9-3-5-11(16(22)23-2)15(19-9)24-8-14(21)20-13-6-4-10(17)7-12(13)18/h3-7H,8H2,1-2H3,(H,20,21). The molecule has 0 saturated heterocycles. The van der Waals surface area contributed by atoms with Crippen LogP contribution in [0.25, 0.3) is 0 Å². The third-order valence-electron chi connectivity index (χ3n) is 2.95. The van der Waals surface area contributed by atoms with Crippen molar-refractivity contribution in [3.8, 4) is 0 Å². The van der Waals surface area contributed by atoms with Crippen LogP contribution in [0, 0.1) is 18.6 Å². The minimum absolute atomic E-state index is 0.0999. The van der Waals surface area contributed by atoms with Crippen molar-refractivity contribution in [2.75, 3.05) is 18.2 Å². The summed E-state index contributed by atoms with van der Waals surface area (Å²) in [5.74, 6) is -2.76. The number of hydrogen-bond donors (Lipinski definition) is 1. The number of aromatic nitrogens is 1. The number of rotatable bonds is 5. The van der Waals surface area contributed by atoms with Gasteiger partial charge in [-0.1, -0.05) is 11.8 Å². The van der Waals surface area contributed by atoms with Gasteiger partial charge in [0, 0.05) is 11.8 Å². The smallest absolute Gasteiger partial charge is 0.340 e. The summed E-state index contributed by atoms with van der Waals surface area (Å²) in [5, 5.41) is 2.68. The molecule has 1 amide bonds. The number of methoxy groups -OCH3 is 1. The van der Waals surface area contributed by atoms with Crippen LogP contribution in [0.1, 0.15) is 16.1 Å². The number of halogens is 2. The molecule has 0 fully saturated rings. The number of aryl methyl sites for hydroxylation is 1. The monoisotopic (exact) mass is 352 g/mol. The predicted molar refractivity (Wildman–Crippen MR) is 86.0 cm³/mol. The van der Waals surface area contributed by atoms with E-state index in [1.807, 2.05) is 0 Å². The molecular weight excluding hydrogens is 338 g/mol. The van der Waals surface area contributed by atoms with Crippen LogP contribution in [-0.2, 0) is 9.53 Å². The summed E-state index contributed by atoms with van der Waals surface area (Å²) in [5.41, 5.74) is 0.802. The SMILES string of the molecule is COC(=O)c1ccc(C)nc1SCC(=O)Nc1ccc(F)cc1F. The third-order valence-corrected chi connectivity index (χ3v) is 3.94. The Hall–Kier alpha value is -2.48. The number of carbonyl (C=O) groups excluding carboxylic acids is 2. The summed E-state index contributed by atoms with van der Waals surface area (Å²) in [6.45, 7) is 1.75. The van der Waals surface area contributed by atoms with Crippen LogP contribution >= 0.6 is 11.8 Å². The molecule has 1 heterocycles. The molecule has 0 atom stereocenters. The van der Waals surface area contributed by atoms with Gasteiger partial charge >= 0.3 is 5.97 Å². The maximum absolute atomic E-state index is 13.5. The van der Waals surface area contributed by atoms with E-state index in [0.29, 0.717) is 16.8 Å². The van der Waals surface area contributed by atoms with Crippen molar-refractivity contribution in [2.45, 2.75) is 11.9 Å². The van der Waals surface area contributed by atoms with Gasteiger partial charge in [-0.3, -0.25) is 4.79 Å². The van der Waals surface area contributed by atoms with Crippen LogP contribution in [-0.4, -0.2) is 29.7 Å². The van der Waals surface area contributed by atoms with Gasteiger partial charge in [0.25, 0.3) is 0 Å². The molecule has 0 aliphatic carbocycles. The molecule has 126 valence electrons. The van der Waals surface area contributed by atoms with Crippen molar-refractivity contribution >= 4 is 29.3 Å². The highest BCUT2D eigenvalue weighted by atomic mass is 32.2. The van der Waals surface area contributed by atoms with E-state index in [2.05, 4.69) is 15.0 Å². The van der Waals surface area contributed by atoms with Crippen molar-refractivity contribution in [3.63, 3.8) is 0 Å². The molecule has 5 nitrogen and oxygen atoms in total. The third kappa shape index (κ3) is 4.51. The lowest BCUT2D eigenvalue weighted by Gasteiger charge is -2.09. The fourth-order valence-electron chi connectivity index (χ4n) is 1.82. The number of nitrogens with zero attached hydrogens (tertiary/aromatic N) is 1. The largest absolute Gasteiger partial charge is 0.465 e. The summed E-state index contributed by atoms with van der Waals surface area (Å²) in [6.07, 6.45) is 0. The highest BCUT2D eigenvalue weighted by molar-refractivity contribution is 8.00. The molecule has 0 bridgehead atoms. The molecule has 0 aliphatic rings. The Kier molecular flexibility index (Phi) is 5.86. The highest BCUT2D eigenvalue weighted by Crippen LogP contribution is 2.22. The average Bonchev–Trinajstić information content (AvgIpc) is 2.55. The zero-order chi connectivity index (χ0) is 17.7. The van der Waals surface area contributed by atoms with Gasteiger partial charge in [0.15, 0.2) is 0 Å². The molecule has 0 spiro atoms. The Labute approximate surface area is 141 Å². The van der Waals surface area contributed by atoms with Gasteiger partial charge in [-0.15, -0.1) is 0 Å². The fourth-order valence-corrected chi connectivity index (χ4v) is 2.67. The van der Waals surface area contributed by atoms with Crippen molar-refractivity contribution in [1.82, 2.24) is 4.98 Å². The van der Waals surface area contributed by atoms with Crippen LogP contribution in [0.2, 0.25) is 0 Å². The highest BCUT2D eigenvalue weighted by Gasteiger charge is 2.16. The molecular formula is C16H14F2N2O3S. The molecule has 1 N–H and O–H groups in total. The first-order valence-electron chi connectivity index (χ1n) is 6.84. The minimum atomic E-state index is -0.864. The van der Waals surface area contributed by atoms with Crippen LogP contribution in [0.15, 0.2) is 35.4 Å². The first kappa shape index (κ1) is 17.9. The maximum atomic E-state index is 13.5. The number of thioether (sulfide) groups is 1. The first-order chi connectivity index (χ1) is 11.4. The second-order valence-corrected chi connectivity index (χ2v) is 5.72. The van der Waals surface area contributed by atoms with Crippen molar-refractivity contribution in [2.24, 2.45) is 0 Å². The number of esters is 1. The fraction of sp³-hybridized carbons (Fsp3) is 0.188. The Balaban J connectivity index is 2.06. The molecule has 0 aliphatic heterocycles. The van der Waals surface area contributed by atoms with E-state index in [1.165, 1.54) is 7.11 Å². The molecule has 8 heteroatoms. The number of carbonyl (C=O) groups is 2. The molecule has 2 aromatic rings. The van der Waals surface area contributed by atoms with Crippen LogP contribution in [0.3, 0.4) is 0 Å². The topological polar surface area (TPSA) is 68.3 Å². The summed E-state index contributed by atoms with van der Waals surface area (Å²) in [7, 11) is 1.25. The summed E-state index contributed by atoms with van der Waals surface area (Å²) < 4.78 is 31.0. The second-order valence-electron chi connectivity index (χ2n) is 4.76. The van der Waals surface area contributed by atoms with Gasteiger partial charge < -0.3 is 10.1 Å². The molecule has 1 aromatic carbocycles. The van der Waals surface area contributed by atoms with Crippen LogP contribution in [0.5, 0.6) is 0 Å². The summed E-state index contributed by atoms with van der Waals surface area (Å²) in [6, 6.07) is 6.08. The van der Waals surface area contributed by atoms with E-state index in [4.69, 9.17) is 0 Å². The van der Waals surface area contributed by atoms with Crippen molar-refractivity contribution in [1.29, 1.82) is 0 Å². The van der Waals surface area contributed by atoms with Gasteiger partial charge in [0.2, 0.25) is 5.91 Å². The van der Waals surface area contributed by atoms with Gasteiger partial charge in [-0.2, -0.15) is 0 Å². The quantitative estimate of drug-likeness (QED) is 0.661. The zero-order valence-corrected chi connectivity index (χ0v) is 13.7. The predicted octanol–water partition coefficient (Wildman–Crippen LogP) is 3.19. The van der Waals surface area contributed by atoms with E-state index >= 15 is 0 Å². The number of hydrogen-bond acceptors (Lipinski definition) is 5. The number of pyridine rings is 1. The molecule has 0 unspecified atom stereocenters. The van der Waals surface area contributed by atoms with E-state index < -0.39 is 23.5 Å². The summed E-state index contributed by atoms with van der Waals surface area (Å²) in [4.78, 5) is 27.8. The Morgan fingerprint density at radius 3 is 2.67 bits per heavy atom. The number of ether oxygens (including phenoxy) is 1. The Morgan fingerprint density at radius 1 is 1.25 bits per heavy atom.